The molecule has 21 heavy (non-hydrogen) atoms. The van der Waals surface area contributed by atoms with Crippen molar-refractivity contribution < 1.29 is 24.5 Å². The second-order valence-corrected chi connectivity index (χ2v) is 4.86. The number of phenols is 2. The van der Waals surface area contributed by atoms with Gasteiger partial charge in [0, 0.05) is 17.2 Å². The molecule has 0 aliphatic carbocycles. The summed E-state index contributed by atoms with van der Waals surface area (Å²) in [5, 5.41) is 19.7. The van der Waals surface area contributed by atoms with Gasteiger partial charge in [0.1, 0.15) is 11.5 Å². The van der Waals surface area contributed by atoms with E-state index in [1.165, 1.54) is 13.0 Å². The van der Waals surface area contributed by atoms with E-state index in [-0.39, 0.29) is 28.4 Å². The standard InChI is InChI=1S/C16H12O5/c1-8(17)11-6-12(14(19)7-13(11)18)15-9-4-2-3-5-10(9)16(20)21-15/h2-7,15,18-19H,1H3/t15-/m1/s1. The minimum Gasteiger partial charge on any atom is -0.507 e. The topological polar surface area (TPSA) is 83.8 Å². The summed E-state index contributed by atoms with van der Waals surface area (Å²) in [6.45, 7) is 1.31. The maximum atomic E-state index is 11.8. The summed E-state index contributed by atoms with van der Waals surface area (Å²) < 4.78 is 5.28. The Labute approximate surface area is 120 Å². The molecule has 0 fully saturated rings. The quantitative estimate of drug-likeness (QED) is 0.654. The normalized spacial score (nSPS) is 16.4. The molecule has 5 nitrogen and oxygen atoms in total. The molecule has 0 spiro atoms. The van der Waals surface area contributed by atoms with Crippen molar-refractivity contribution in [2.75, 3.05) is 0 Å². The Kier molecular flexibility index (Phi) is 2.90. The lowest BCUT2D eigenvalue weighted by atomic mass is 9.96. The summed E-state index contributed by atoms with van der Waals surface area (Å²) >= 11 is 0. The van der Waals surface area contributed by atoms with Crippen LogP contribution in [0.5, 0.6) is 11.5 Å². The van der Waals surface area contributed by atoms with Crippen molar-refractivity contribution in [2.45, 2.75) is 13.0 Å². The molecule has 5 heteroatoms. The van der Waals surface area contributed by atoms with E-state index >= 15 is 0 Å². The van der Waals surface area contributed by atoms with E-state index in [9.17, 15) is 19.8 Å². The van der Waals surface area contributed by atoms with Crippen molar-refractivity contribution in [3.05, 3.63) is 58.7 Å². The fraction of sp³-hybridized carbons (Fsp3) is 0.125. The van der Waals surface area contributed by atoms with Crippen LogP contribution in [0.25, 0.3) is 0 Å². The summed E-state index contributed by atoms with van der Waals surface area (Å²) in [5.41, 5.74) is 1.40. The molecule has 1 heterocycles. The minimum atomic E-state index is -0.785. The van der Waals surface area contributed by atoms with Crippen LogP contribution in [0.2, 0.25) is 0 Å². The Hall–Kier alpha value is -2.82. The van der Waals surface area contributed by atoms with E-state index in [1.807, 2.05) is 0 Å². The van der Waals surface area contributed by atoms with Gasteiger partial charge in [-0.15, -0.1) is 0 Å². The van der Waals surface area contributed by atoms with Crippen LogP contribution >= 0.6 is 0 Å². The van der Waals surface area contributed by atoms with Gasteiger partial charge >= 0.3 is 5.97 Å². The Morgan fingerprint density at radius 1 is 1.10 bits per heavy atom. The zero-order valence-electron chi connectivity index (χ0n) is 11.2. The smallest absolute Gasteiger partial charge is 0.339 e. The first-order valence-electron chi connectivity index (χ1n) is 6.35. The number of carbonyl (C=O) groups excluding carboxylic acids is 2. The Balaban J connectivity index is 2.16. The molecule has 0 aromatic heterocycles. The molecule has 0 bridgehead atoms. The van der Waals surface area contributed by atoms with Gasteiger partial charge in [0.2, 0.25) is 0 Å². The average molecular weight is 284 g/mol. The third-order valence-electron chi connectivity index (χ3n) is 3.49. The maximum absolute atomic E-state index is 11.8. The number of esters is 1. The molecular weight excluding hydrogens is 272 g/mol. The fourth-order valence-corrected chi connectivity index (χ4v) is 2.46. The molecule has 0 saturated carbocycles. The first-order chi connectivity index (χ1) is 9.99. The molecule has 2 aromatic rings. The van der Waals surface area contributed by atoms with Crippen LogP contribution in [0.3, 0.4) is 0 Å². The van der Waals surface area contributed by atoms with Gasteiger partial charge in [-0.1, -0.05) is 18.2 Å². The number of rotatable bonds is 2. The largest absolute Gasteiger partial charge is 0.507 e. The van der Waals surface area contributed by atoms with E-state index < -0.39 is 12.1 Å². The lowest BCUT2D eigenvalue weighted by Gasteiger charge is -2.14. The fourth-order valence-electron chi connectivity index (χ4n) is 2.46. The van der Waals surface area contributed by atoms with Crippen LogP contribution in [0.15, 0.2) is 36.4 Å². The minimum absolute atomic E-state index is 0.0724. The van der Waals surface area contributed by atoms with Gasteiger partial charge in [0.15, 0.2) is 11.9 Å². The summed E-state index contributed by atoms with van der Waals surface area (Å²) in [6.07, 6.45) is -0.785. The lowest BCUT2D eigenvalue weighted by Crippen LogP contribution is -2.03. The first-order valence-corrected chi connectivity index (χ1v) is 6.35. The highest BCUT2D eigenvalue weighted by Gasteiger charge is 2.34. The predicted molar refractivity (Wildman–Crippen MR) is 73.5 cm³/mol. The summed E-state index contributed by atoms with van der Waals surface area (Å²) in [4.78, 5) is 23.3. The zero-order valence-corrected chi connectivity index (χ0v) is 11.2. The number of ketones is 1. The summed E-state index contributed by atoms with van der Waals surface area (Å²) in [5.74, 6) is -1.35. The average Bonchev–Trinajstić information content (AvgIpc) is 2.76. The Morgan fingerprint density at radius 3 is 2.52 bits per heavy atom. The number of phenolic OH excluding ortho intramolecular Hbond substituents is 2. The number of aromatic hydroxyl groups is 2. The van der Waals surface area contributed by atoms with Crippen LogP contribution < -0.4 is 0 Å². The highest BCUT2D eigenvalue weighted by Crippen LogP contribution is 2.41. The van der Waals surface area contributed by atoms with E-state index in [1.54, 1.807) is 24.3 Å². The molecule has 0 unspecified atom stereocenters. The van der Waals surface area contributed by atoms with E-state index in [2.05, 4.69) is 0 Å². The molecular formula is C16H12O5. The monoisotopic (exact) mass is 284 g/mol. The second kappa shape index (κ2) is 4.63. The SMILES string of the molecule is CC(=O)c1cc([C@@H]2OC(=O)c3ccccc32)c(O)cc1O. The van der Waals surface area contributed by atoms with Crippen molar-refractivity contribution in [3.8, 4) is 11.5 Å². The molecule has 0 amide bonds. The van der Waals surface area contributed by atoms with Gasteiger partial charge in [-0.2, -0.15) is 0 Å². The molecule has 1 aliphatic heterocycles. The van der Waals surface area contributed by atoms with Crippen LogP contribution in [0.4, 0.5) is 0 Å². The highest BCUT2D eigenvalue weighted by molar-refractivity contribution is 5.98. The Bertz CT molecular complexity index is 763. The summed E-state index contributed by atoms with van der Waals surface area (Å²) in [7, 11) is 0. The molecule has 3 rings (SSSR count). The van der Waals surface area contributed by atoms with Gasteiger partial charge in [-0.05, 0) is 19.1 Å². The molecule has 106 valence electrons. The van der Waals surface area contributed by atoms with Crippen molar-refractivity contribution in [1.29, 1.82) is 0 Å². The predicted octanol–water partition coefficient (Wildman–Crippen LogP) is 2.56. The molecule has 0 radical (unpaired) electrons. The number of carbonyl (C=O) groups is 2. The number of cyclic esters (lactones) is 1. The maximum Gasteiger partial charge on any atom is 0.339 e. The zero-order chi connectivity index (χ0) is 15.1. The number of hydrogen-bond acceptors (Lipinski definition) is 5. The Morgan fingerprint density at radius 2 is 1.81 bits per heavy atom. The summed E-state index contributed by atoms with van der Waals surface area (Å²) in [6, 6.07) is 9.29. The molecule has 2 aromatic carbocycles. The van der Waals surface area contributed by atoms with E-state index in [4.69, 9.17) is 4.74 Å². The third-order valence-corrected chi connectivity index (χ3v) is 3.49. The van der Waals surface area contributed by atoms with Crippen LogP contribution in [-0.2, 0) is 4.74 Å². The van der Waals surface area contributed by atoms with Crippen molar-refractivity contribution in [1.82, 2.24) is 0 Å². The van der Waals surface area contributed by atoms with E-state index in [0.717, 1.165) is 6.07 Å². The van der Waals surface area contributed by atoms with Crippen molar-refractivity contribution in [2.24, 2.45) is 0 Å². The second-order valence-electron chi connectivity index (χ2n) is 4.86. The van der Waals surface area contributed by atoms with Crippen LogP contribution in [0.1, 0.15) is 44.9 Å². The van der Waals surface area contributed by atoms with Crippen LogP contribution in [-0.4, -0.2) is 22.0 Å². The number of Topliss-reactive ketones (excluding diaryl/α,β-unsaturated/α-hetero) is 1. The molecule has 1 aliphatic rings. The lowest BCUT2D eigenvalue weighted by molar-refractivity contribution is 0.0453. The van der Waals surface area contributed by atoms with Crippen molar-refractivity contribution >= 4 is 11.8 Å². The molecule has 0 saturated heterocycles. The number of fused-ring (bicyclic) bond motifs is 1. The van der Waals surface area contributed by atoms with Gasteiger partial charge in [-0.25, -0.2) is 4.79 Å². The highest BCUT2D eigenvalue weighted by atomic mass is 16.5. The van der Waals surface area contributed by atoms with Crippen molar-refractivity contribution in [3.63, 3.8) is 0 Å². The third kappa shape index (κ3) is 2.03. The number of ether oxygens (including phenoxy) is 1. The van der Waals surface area contributed by atoms with Gasteiger partial charge in [0.25, 0.3) is 0 Å². The number of hydrogen-bond donors (Lipinski definition) is 2. The van der Waals surface area contributed by atoms with Gasteiger partial charge in [0.05, 0.1) is 11.1 Å². The van der Waals surface area contributed by atoms with Gasteiger partial charge < -0.3 is 14.9 Å². The van der Waals surface area contributed by atoms with Crippen LogP contribution in [0, 0.1) is 0 Å². The van der Waals surface area contributed by atoms with Gasteiger partial charge in [-0.3, -0.25) is 4.79 Å². The molecule has 2 N–H and O–H groups in total. The first kappa shape index (κ1) is 13.2. The number of benzene rings is 2. The van der Waals surface area contributed by atoms with E-state index in [0.29, 0.717) is 11.1 Å². The molecule has 1 atom stereocenters.